The zero-order valence-electron chi connectivity index (χ0n) is 53.1. The van der Waals surface area contributed by atoms with Gasteiger partial charge >= 0.3 is 5.97 Å². The number of nitrogens with one attached hydrogen (secondary N) is 1. The smallest absolute Gasteiger partial charge is 0.305 e. The molecule has 464 valence electrons. The van der Waals surface area contributed by atoms with Crippen molar-refractivity contribution >= 4 is 11.9 Å². The molecular weight excluding hydrogens is 971 g/mol. The van der Waals surface area contributed by atoms with Crippen LogP contribution < -0.4 is 5.32 Å². The SMILES string of the molecule is CCCCC/C=C\C/C=C\CCCCCCCCCCCC(=O)OCCCCCCCCCCCCCC/C=C\CCCCCCCCCCCC(=O)NC(CO)C(O)/C=C/CCCCCCCCCCCCCCCCCC. The highest BCUT2D eigenvalue weighted by Gasteiger charge is 2.18. The first-order chi connectivity index (χ1) is 39.0. The van der Waals surface area contributed by atoms with Crippen molar-refractivity contribution in [1.29, 1.82) is 0 Å². The zero-order chi connectivity index (χ0) is 57.1. The summed E-state index contributed by atoms with van der Waals surface area (Å²) >= 11 is 0. The molecule has 0 bridgehead atoms. The number of allylic oxidation sites excluding steroid dienone is 7. The van der Waals surface area contributed by atoms with E-state index >= 15 is 0 Å². The molecule has 0 saturated carbocycles. The quantitative estimate of drug-likeness (QED) is 0.0320. The molecule has 0 aliphatic carbocycles. The average Bonchev–Trinajstić information content (AvgIpc) is 3.45. The molecule has 0 aromatic carbocycles. The van der Waals surface area contributed by atoms with Gasteiger partial charge in [-0.25, -0.2) is 0 Å². The molecule has 0 fully saturated rings. The van der Waals surface area contributed by atoms with Crippen LogP contribution in [0.3, 0.4) is 0 Å². The molecule has 0 saturated heterocycles. The van der Waals surface area contributed by atoms with Crippen LogP contribution >= 0.6 is 0 Å². The summed E-state index contributed by atoms with van der Waals surface area (Å²) in [6.45, 7) is 4.90. The second kappa shape index (κ2) is 68.3. The lowest BCUT2D eigenvalue weighted by Crippen LogP contribution is -2.45. The number of ether oxygens (including phenoxy) is 1. The van der Waals surface area contributed by atoms with E-state index in [9.17, 15) is 19.8 Å². The highest BCUT2D eigenvalue weighted by Crippen LogP contribution is 2.18. The van der Waals surface area contributed by atoms with Crippen LogP contribution in [0.4, 0.5) is 0 Å². The van der Waals surface area contributed by atoms with Crippen LogP contribution in [0, 0.1) is 0 Å². The average molecular weight is 1110 g/mol. The molecule has 0 aliphatic heterocycles. The van der Waals surface area contributed by atoms with Gasteiger partial charge in [0.05, 0.1) is 25.4 Å². The Morgan fingerprint density at radius 3 is 1.00 bits per heavy atom. The molecule has 0 heterocycles. The lowest BCUT2D eigenvalue weighted by atomic mass is 10.0. The van der Waals surface area contributed by atoms with Gasteiger partial charge in [0.25, 0.3) is 0 Å². The Bertz CT molecular complexity index is 1320. The maximum atomic E-state index is 12.5. The van der Waals surface area contributed by atoms with Gasteiger partial charge in [0, 0.05) is 12.8 Å². The standard InChI is InChI=1S/C73H137NO5/c1-3-5-7-9-11-13-15-17-19-21-30-35-39-43-47-51-55-59-63-67-73(78)79-68-64-60-56-52-48-44-40-36-32-29-27-25-23-24-26-28-31-34-38-42-46-50-54-58-62-66-72(77)74-70(69-75)71(76)65-61-57-53-49-45-41-37-33-22-20-18-16-14-12-10-8-6-4-2/h11,13,17,19,24,26,61,65,70-71,75-76H,3-10,12,14-16,18,20-23,25,27-60,62-64,66-69H2,1-2H3,(H,74,77)/b13-11-,19-17-,26-24-,65-61+. The van der Waals surface area contributed by atoms with E-state index in [4.69, 9.17) is 4.74 Å². The van der Waals surface area contributed by atoms with Crippen LogP contribution in [-0.4, -0.2) is 47.4 Å². The number of carbonyl (C=O) groups is 2. The summed E-state index contributed by atoms with van der Waals surface area (Å²) in [5.41, 5.74) is 0. The van der Waals surface area contributed by atoms with Gasteiger partial charge in [-0.05, 0) is 89.9 Å². The van der Waals surface area contributed by atoms with E-state index in [0.717, 1.165) is 51.4 Å². The molecule has 2 unspecified atom stereocenters. The minimum absolute atomic E-state index is 0.00947. The Kier molecular flexibility index (Phi) is 66.4. The van der Waals surface area contributed by atoms with Crippen molar-refractivity contribution in [2.75, 3.05) is 13.2 Å². The van der Waals surface area contributed by atoms with E-state index in [2.05, 4.69) is 55.6 Å². The van der Waals surface area contributed by atoms with E-state index < -0.39 is 12.1 Å². The molecule has 0 aromatic rings. The predicted octanol–water partition coefficient (Wildman–Crippen LogP) is 22.9. The molecule has 6 heteroatoms. The van der Waals surface area contributed by atoms with E-state index in [1.807, 2.05) is 6.08 Å². The van der Waals surface area contributed by atoms with E-state index in [-0.39, 0.29) is 18.5 Å². The number of amides is 1. The largest absolute Gasteiger partial charge is 0.466 e. The first-order valence-corrected chi connectivity index (χ1v) is 35.4. The molecule has 0 rings (SSSR count). The van der Waals surface area contributed by atoms with Gasteiger partial charge in [0.15, 0.2) is 0 Å². The van der Waals surface area contributed by atoms with Crippen molar-refractivity contribution in [2.45, 2.75) is 392 Å². The monoisotopic (exact) mass is 1110 g/mol. The van der Waals surface area contributed by atoms with Crippen LogP contribution in [0.5, 0.6) is 0 Å². The second-order valence-electron chi connectivity index (χ2n) is 24.2. The number of rotatable bonds is 66. The van der Waals surface area contributed by atoms with Crippen LogP contribution in [0.1, 0.15) is 380 Å². The lowest BCUT2D eigenvalue weighted by Gasteiger charge is -2.20. The summed E-state index contributed by atoms with van der Waals surface area (Å²) in [5, 5.41) is 23.2. The van der Waals surface area contributed by atoms with Gasteiger partial charge in [-0.15, -0.1) is 0 Å². The van der Waals surface area contributed by atoms with Crippen LogP contribution in [0.25, 0.3) is 0 Å². The normalized spacial score (nSPS) is 12.8. The molecule has 2 atom stereocenters. The molecule has 3 N–H and O–H groups in total. The summed E-state index contributed by atoms with van der Waals surface area (Å²) in [6.07, 6.45) is 89.0. The summed E-state index contributed by atoms with van der Waals surface area (Å²) in [6, 6.07) is -0.631. The van der Waals surface area contributed by atoms with Crippen molar-refractivity contribution in [1.82, 2.24) is 5.32 Å². The molecule has 0 aliphatic rings. The Morgan fingerprint density at radius 2 is 0.633 bits per heavy atom. The maximum absolute atomic E-state index is 12.5. The van der Waals surface area contributed by atoms with Crippen LogP contribution in [0.15, 0.2) is 48.6 Å². The third-order valence-corrected chi connectivity index (χ3v) is 16.3. The summed E-state index contributed by atoms with van der Waals surface area (Å²) in [5.74, 6) is -0.0592. The van der Waals surface area contributed by atoms with Crippen molar-refractivity contribution in [3.63, 3.8) is 0 Å². The minimum Gasteiger partial charge on any atom is -0.466 e. The zero-order valence-corrected chi connectivity index (χ0v) is 53.1. The van der Waals surface area contributed by atoms with Gasteiger partial charge in [-0.3, -0.25) is 9.59 Å². The van der Waals surface area contributed by atoms with Crippen LogP contribution in [-0.2, 0) is 14.3 Å². The minimum atomic E-state index is -0.848. The Hall–Kier alpha value is -2.18. The Morgan fingerprint density at radius 1 is 0.354 bits per heavy atom. The van der Waals surface area contributed by atoms with E-state index in [0.29, 0.717) is 19.4 Å². The Balaban J connectivity index is 3.41. The number of hydrogen-bond donors (Lipinski definition) is 3. The molecular formula is C73H137NO5. The molecule has 1 amide bonds. The topological polar surface area (TPSA) is 95.9 Å². The summed E-state index contributed by atoms with van der Waals surface area (Å²) in [7, 11) is 0. The molecule has 0 spiro atoms. The number of aliphatic hydroxyl groups excluding tert-OH is 2. The third-order valence-electron chi connectivity index (χ3n) is 16.3. The fourth-order valence-corrected chi connectivity index (χ4v) is 10.9. The van der Waals surface area contributed by atoms with Crippen molar-refractivity contribution < 1.29 is 24.5 Å². The van der Waals surface area contributed by atoms with Gasteiger partial charge in [-0.1, -0.05) is 326 Å². The number of esters is 1. The summed E-state index contributed by atoms with van der Waals surface area (Å²) < 4.78 is 5.50. The van der Waals surface area contributed by atoms with Gasteiger partial charge in [0.2, 0.25) is 5.91 Å². The van der Waals surface area contributed by atoms with Crippen molar-refractivity contribution in [3.8, 4) is 0 Å². The highest BCUT2D eigenvalue weighted by atomic mass is 16.5. The third kappa shape index (κ3) is 64.8. The fraction of sp³-hybridized carbons (Fsp3) is 0.863. The second-order valence-corrected chi connectivity index (χ2v) is 24.2. The molecule has 0 radical (unpaired) electrons. The number of hydrogen-bond acceptors (Lipinski definition) is 5. The van der Waals surface area contributed by atoms with Crippen LogP contribution in [0.2, 0.25) is 0 Å². The van der Waals surface area contributed by atoms with Gasteiger partial charge in [-0.2, -0.15) is 0 Å². The van der Waals surface area contributed by atoms with Crippen molar-refractivity contribution in [2.24, 2.45) is 0 Å². The van der Waals surface area contributed by atoms with E-state index in [1.54, 1.807) is 6.08 Å². The molecule has 0 aromatic heterocycles. The fourth-order valence-electron chi connectivity index (χ4n) is 10.9. The Labute approximate surface area is 493 Å². The first-order valence-electron chi connectivity index (χ1n) is 35.4. The van der Waals surface area contributed by atoms with Gasteiger partial charge < -0.3 is 20.3 Å². The molecule has 6 nitrogen and oxygen atoms in total. The maximum Gasteiger partial charge on any atom is 0.305 e. The highest BCUT2D eigenvalue weighted by molar-refractivity contribution is 5.76. The molecule has 79 heavy (non-hydrogen) atoms. The number of aliphatic hydroxyl groups is 2. The number of carbonyl (C=O) groups excluding carboxylic acids is 2. The van der Waals surface area contributed by atoms with Gasteiger partial charge in [0.1, 0.15) is 0 Å². The van der Waals surface area contributed by atoms with E-state index in [1.165, 1.54) is 302 Å². The summed E-state index contributed by atoms with van der Waals surface area (Å²) in [4.78, 5) is 24.6. The van der Waals surface area contributed by atoms with Crippen molar-refractivity contribution in [3.05, 3.63) is 48.6 Å². The lowest BCUT2D eigenvalue weighted by molar-refractivity contribution is -0.143. The number of unbranched alkanes of at least 4 members (excludes halogenated alkanes) is 49. The predicted molar refractivity (Wildman–Crippen MR) is 347 cm³/mol. The first kappa shape index (κ1) is 76.8.